The molecule has 0 unspecified atom stereocenters. The molecule has 9 heavy (non-hydrogen) atoms. The first kappa shape index (κ1) is 8.23. The smallest absolute Gasteiger partial charge is 0.211 e. The zero-order chi connectivity index (χ0) is 7.28. The summed E-state index contributed by atoms with van der Waals surface area (Å²) < 4.78 is 0. The Morgan fingerprint density at radius 1 is 1.44 bits per heavy atom. The van der Waals surface area contributed by atoms with E-state index in [4.69, 9.17) is 23.1 Å². The molecule has 4 nitrogen and oxygen atoms in total. The second kappa shape index (κ2) is 4.14. The maximum absolute atomic E-state index is 5.35. The van der Waals surface area contributed by atoms with Crippen LogP contribution in [0, 0.1) is 0 Å². The summed E-state index contributed by atoms with van der Waals surface area (Å²) in [6, 6.07) is 0. The van der Waals surface area contributed by atoms with Gasteiger partial charge >= 0.3 is 0 Å². The van der Waals surface area contributed by atoms with Crippen LogP contribution in [0.2, 0.25) is 0 Å². The molecule has 0 aliphatic carbocycles. The van der Waals surface area contributed by atoms with E-state index in [-0.39, 0.29) is 5.96 Å². The van der Waals surface area contributed by atoms with Crippen molar-refractivity contribution in [1.82, 2.24) is 0 Å². The van der Waals surface area contributed by atoms with E-state index < -0.39 is 0 Å². The van der Waals surface area contributed by atoms with Crippen LogP contribution in [0.3, 0.4) is 0 Å². The van der Waals surface area contributed by atoms with Gasteiger partial charge in [0.15, 0.2) is 0 Å². The number of halogens is 1. The van der Waals surface area contributed by atoms with E-state index >= 15 is 0 Å². The third-order valence-electron chi connectivity index (χ3n) is 0.530. The molecular formula is C4H9ClN4. The Bertz CT molecular complexity index is 136. The van der Waals surface area contributed by atoms with Gasteiger partial charge in [-0.3, -0.25) is 0 Å². The number of hydrogen-bond donors (Lipinski definition) is 2. The number of alkyl halides is 1. The van der Waals surface area contributed by atoms with Crippen molar-refractivity contribution in [1.29, 1.82) is 0 Å². The fourth-order valence-electron chi connectivity index (χ4n) is 0.170. The molecule has 0 aromatic carbocycles. The molecule has 0 rings (SSSR count). The van der Waals surface area contributed by atoms with E-state index in [1.807, 2.05) is 0 Å². The van der Waals surface area contributed by atoms with Gasteiger partial charge in [-0.1, -0.05) is 0 Å². The summed E-state index contributed by atoms with van der Waals surface area (Å²) in [5.41, 5.74) is 10.6. The van der Waals surface area contributed by atoms with Gasteiger partial charge in [0.2, 0.25) is 5.96 Å². The fraction of sp³-hybridized carbons (Fsp3) is 0.500. The van der Waals surface area contributed by atoms with Crippen LogP contribution in [0.5, 0.6) is 0 Å². The second-order valence-corrected chi connectivity index (χ2v) is 1.76. The first-order chi connectivity index (χ1) is 4.16. The SMILES string of the molecule is C/C(CCl)=N/N=C(N)N. The Kier molecular flexibility index (Phi) is 3.79. The molecule has 0 aliphatic heterocycles. The minimum absolute atomic E-state index is 0.0560. The molecule has 0 saturated carbocycles. The highest BCUT2D eigenvalue weighted by atomic mass is 35.5. The third kappa shape index (κ3) is 5.10. The molecule has 0 aromatic heterocycles. The van der Waals surface area contributed by atoms with Crippen molar-refractivity contribution in [2.24, 2.45) is 21.7 Å². The number of nitrogens with two attached hydrogens (primary N) is 2. The van der Waals surface area contributed by atoms with Crippen molar-refractivity contribution < 1.29 is 0 Å². The Morgan fingerprint density at radius 3 is 2.33 bits per heavy atom. The summed E-state index contributed by atoms with van der Waals surface area (Å²) >= 11 is 5.35. The van der Waals surface area contributed by atoms with Crippen LogP contribution < -0.4 is 11.5 Å². The first-order valence-corrected chi connectivity index (χ1v) is 2.88. The van der Waals surface area contributed by atoms with Crippen LogP contribution in [0.25, 0.3) is 0 Å². The van der Waals surface area contributed by atoms with Gasteiger partial charge in [-0.15, -0.1) is 16.7 Å². The molecule has 0 bridgehead atoms. The number of rotatable bonds is 2. The normalized spacial score (nSPS) is 11.1. The average molecular weight is 149 g/mol. The maximum Gasteiger partial charge on any atom is 0.211 e. The van der Waals surface area contributed by atoms with Gasteiger partial charge in [-0.05, 0) is 6.92 Å². The lowest BCUT2D eigenvalue weighted by Crippen LogP contribution is -2.22. The van der Waals surface area contributed by atoms with E-state index in [1.165, 1.54) is 0 Å². The molecule has 0 saturated heterocycles. The third-order valence-corrected chi connectivity index (χ3v) is 0.916. The molecule has 0 spiro atoms. The van der Waals surface area contributed by atoms with Crippen molar-refractivity contribution in [3.63, 3.8) is 0 Å². The number of guanidine groups is 1. The number of nitrogens with zero attached hydrogens (tertiary/aromatic N) is 2. The van der Waals surface area contributed by atoms with Crippen LogP contribution in [-0.2, 0) is 0 Å². The van der Waals surface area contributed by atoms with Gasteiger partial charge in [-0.2, -0.15) is 5.10 Å². The second-order valence-electron chi connectivity index (χ2n) is 1.49. The maximum atomic E-state index is 5.35. The van der Waals surface area contributed by atoms with Gasteiger partial charge in [0.25, 0.3) is 0 Å². The van der Waals surface area contributed by atoms with Crippen molar-refractivity contribution in [2.75, 3.05) is 5.88 Å². The standard InChI is InChI=1S/C4H9ClN4/c1-3(2-5)8-9-4(6)7/h2H2,1H3,(H4,6,7,9)/b8-3-. The van der Waals surface area contributed by atoms with Crippen LogP contribution in [0.4, 0.5) is 0 Å². The molecule has 5 heteroatoms. The molecule has 0 heterocycles. The Balaban J connectivity index is 3.83. The Labute approximate surface area is 58.6 Å². The van der Waals surface area contributed by atoms with Crippen molar-refractivity contribution >= 4 is 23.3 Å². The highest BCUT2D eigenvalue weighted by Gasteiger charge is 1.83. The molecule has 0 aromatic rings. The van der Waals surface area contributed by atoms with E-state index in [1.54, 1.807) is 6.92 Å². The molecule has 0 radical (unpaired) electrons. The minimum atomic E-state index is -0.0560. The predicted molar refractivity (Wildman–Crippen MR) is 39.6 cm³/mol. The summed E-state index contributed by atoms with van der Waals surface area (Å²) in [5, 5.41) is 6.94. The highest BCUT2D eigenvalue weighted by Crippen LogP contribution is 1.81. The van der Waals surface area contributed by atoms with Crippen molar-refractivity contribution in [3.05, 3.63) is 0 Å². The number of hydrogen-bond acceptors (Lipinski definition) is 2. The molecular weight excluding hydrogens is 140 g/mol. The lowest BCUT2D eigenvalue weighted by molar-refractivity contribution is 1.19. The highest BCUT2D eigenvalue weighted by molar-refractivity contribution is 6.28. The summed E-state index contributed by atoms with van der Waals surface area (Å²) in [6.45, 7) is 1.74. The van der Waals surface area contributed by atoms with E-state index in [2.05, 4.69) is 10.2 Å². The largest absolute Gasteiger partial charge is 0.369 e. The lowest BCUT2D eigenvalue weighted by Gasteiger charge is -1.87. The lowest BCUT2D eigenvalue weighted by atomic mass is 10.5. The Hall–Kier alpha value is -0.770. The van der Waals surface area contributed by atoms with Gasteiger partial charge in [0, 0.05) is 0 Å². The van der Waals surface area contributed by atoms with Crippen molar-refractivity contribution in [2.45, 2.75) is 6.92 Å². The topological polar surface area (TPSA) is 76.8 Å². The molecule has 0 fully saturated rings. The fourth-order valence-corrected chi connectivity index (χ4v) is 0.223. The van der Waals surface area contributed by atoms with Gasteiger partial charge in [-0.25, -0.2) is 0 Å². The zero-order valence-corrected chi connectivity index (χ0v) is 5.89. The van der Waals surface area contributed by atoms with Crippen LogP contribution in [-0.4, -0.2) is 17.6 Å². The monoisotopic (exact) mass is 148 g/mol. The quantitative estimate of drug-likeness (QED) is 0.248. The summed E-state index contributed by atoms with van der Waals surface area (Å²) in [6.07, 6.45) is 0. The van der Waals surface area contributed by atoms with Crippen LogP contribution in [0.1, 0.15) is 6.92 Å². The van der Waals surface area contributed by atoms with E-state index in [0.29, 0.717) is 11.6 Å². The molecule has 4 N–H and O–H groups in total. The van der Waals surface area contributed by atoms with E-state index in [9.17, 15) is 0 Å². The predicted octanol–water partition coefficient (Wildman–Crippen LogP) is -0.125. The van der Waals surface area contributed by atoms with Crippen LogP contribution >= 0.6 is 11.6 Å². The molecule has 0 aliphatic rings. The first-order valence-electron chi connectivity index (χ1n) is 2.35. The minimum Gasteiger partial charge on any atom is -0.369 e. The zero-order valence-electron chi connectivity index (χ0n) is 5.13. The molecule has 0 amide bonds. The Morgan fingerprint density at radius 2 is 2.00 bits per heavy atom. The summed E-state index contributed by atoms with van der Waals surface area (Å²) in [4.78, 5) is 0. The summed E-state index contributed by atoms with van der Waals surface area (Å²) in [7, 11) is 0. The summed E-state index contributed by atoms with van der Waals surface area (Å²) in [5.74, 6) is 0.288. The molecule has 52 valence electrons. The van der Waals surface area contributed by atoms with Gasteiger partial charge in [0.1, 0.15) is 0 Å². The van der Waals surface area contributed by atoms with E-state index in [0.717, 1.165) is 0 Å². The van der Waals surface area contributed by atoms with Crippen LogP contribution in [0.15, 0.2) is 10.2 Å². The van der Waals surface area contributed by atoms with Gasteiger partial charge in [0.05, 0.1) is 11.6 Å². The van der Waals surface area contributed by atoms with Gasteiger partial charge < -0.3 is 11.5 Å². The average Bonchev–Trinajstić information content (AvgIpc) is 1.83. The molecule has 0 atom stereocenters. The van der Waals surface area contributed by atoms with Crippen molar-refractivity contribution in [3.8, 4) is 0 Å².